The lowest BCUT2D eigenvalue weighted by Crippen LogP contribution is -2.47. The van der Waals surface area contributed by atoms with Crippen LogP contribution in [-0.4, -0.2) is 41.0 Å². The van der Waals surface area contributed by atoms with E-state index in [0.29, 0.717) is 12.6 Å². The Balaban J connectivity index is 1.53. The molecule has 2 heterocycles. The van der Waals surface area contributed by atoms with Crippen LogP contribution in [0.4, 0.5) is 10.2 Å². The molecule has 3 rings (SSSR count). The van der Waals surface area contributed by atoms with E-state index in [2.05, 4.69) is 20.4 Å². The number of hydrogen-bond donors (Lipinski definition) is 2. The Morgan fingerprint density at radius 3 is 2.87 bits per heavy atom. The van der Waals surface area contributed by atoms with Gasteiger partial charge in [0.2, 0.25) is 0 Å². The van der Waals surface area contributed by atoms with Gasteiger partial charge >= 0.3 is 0 Å². The van der Waals surface area contributed by atoms with E-state index in [9.17, 15) is 9.50 Å². The Morgan fingerprint density at radius 1 is 1.30 bits per heavy atom. The van der Waals surface area contributed by atoms with Crippen LogP contribution in [-0.2, 0) is 0 Å². The molecule has 1 aromatic heterocycles. The fourth-order valence-electron chi connectivity index (χ4n) is 2.89. The predicted octanol–water partition coefficient (Wildman–Crippen LogP) is 1.91. The summed E-state index contributed by atoms with van der Waals surface area (Å²) in [5.41, 5.74) is 0.723. The monoisotopic (exact) mass is 316 g/mol. The summed E-state index contributed by atoms with van der Waals surface area (Å²) in [5, 5.41) is 21.7. The second-order valence-electron chi connectivity index (χ2n) is 5.84. The van der Waals surface area contributed by atoms with Crippen LogP contribution in [0.15, 0.2) is 42.6 Å². The largest absolute Gasteiger partial charge is 0.387 e. The lowest BCUT2D eigenvalue weighted by molar-refractivity contribution is 0.168. The zero-order valence-corrected chi connectivity index (χ0v) is 12.9. The van der Waals surface area contributed by atoms with Crippen LogP contribution < -0.4 is 10.2 Å². The third-order valence-electron chi connectivity index (χ3n) is 4.16. The quantitative estimate of drug-likeness (QED) is 0.882. The molecule has 0 saturated carbocycles. The molecule has 1 saturated heterocycles. The molecule has 2 atom stereocenters. The molecule has 0 amide bonds. The van der Waals surface area contributed by atoms with Crippen LogP contribution in [0.2, 0.25) is 0 Å². The average Bonchev–Trinajstić information content (AvgIpc) is 2.61. The summed E-state index contributed by atoms with van der Waals surface area (Å²) < 4.78 is 12.9. The summed E-state index contributed by atoms with van der Waals surface area (Å²) in [6, 6.07) is 10.1. The van der Waals surface area contributed by atoms with Gasteiger partial charge in [-0.15, -0.1) is 5.10 Å². The molecule has 0 unspecified atom stereocenters. The van der Waals surface area contributed by atoms with E-state index in [1.807, 2.05) is 12.1 Å². The summed E-state index contributed by atoms with van der Waals surface area (Å²) in [6.07, 6.45) is 3.17. The first-order chi connectivity index (χ1) is 11.2. The van der Waals surface area contributed by atoms with Gasteiger partial charge in [-0.3, -0.25) is 0 Å². The van der Waals surface area contributed by atoms with E-state index in [4.69, 9.17) is 0 Å². The zero-order chi connectivity index (χ0) is 16.1. The predicted molar refractivity (Wildman–Crippen MR) is 86.6 cm³/mol. The lowest BCUT2D eigenvalue weighted by Gasteiger charge is -2.34. The molecule has 122 valence electrons. The number of anilines is 1. The van der Waals surface area contributed by atoms with Gasteiger partial charge < -0.3 is 15.3 Å². The molecule has 0 bridgehead atoms. The first-order valence-corrected chi connectivity index (χ1v) is 7.92. The third kappa shape index (κ3) is 4.24. The number of nitrogens with zero attached hydrogens (tertiary/aromatic N) is 3. The Hall–Kier alpha value is -2.05. The molecule has 2 aromatic rings. The Morgan fingerprint density at radius 2 is 2.13 bits per heavy atom. The van der Waals surface area contributed by atoms with Crippen molar-refractivity contribution < 1.29 is 9.50 Å². The fraction of sp³-hybridized carbons (Fsp3) is 0.412. The molecule has 1 fully saturated rings. The number of nitrogens with one attached hydrogen (secondary N) is 1. The summed E-state index contributed by atoms with van der Waals surface area (Å²) >= 11 is 0. The molecule has 1 aliphatic rings. The van der Waals surface area contributed by atoms with Crippen molar-refractivity contribution >= 4 is 5.82 Å². The van der Waals surface area contributed by atoms with Crippen molar-refractivity contribution in [2.45, 2.75) is 25.0 Å². The van der Waals surface area contributed by atoms with Crippen molar-refractivity contribution in [3.8, 4) is 0 Å². The Kier molecular flexibility index (Phi) is 5.15. The summed E-state index contributed by atoms with van der Waals surface area (Å²) in [6.45, 7) is 2.26. The van der Waals surface area contributed by atoms with Crippen molar-refractivity contribution in [1.29, 1.82) is 0 Å². The second-order valence-corrected chi connectivity index (χ2v) is 5.84. The van der Waals surface area contributed by atoms with Gasteiger partial charge in [0.1, 0.15) is 5.82 Å². The Labute approximate surface area is 135 Å². The van der Waals surface area contributed by atoms with E-state index in [1.165, 1.54) is 12.1 Å². The highest BCUT2D eigenvalue weighted by atomic mass is 19.1. The summed E-state index contributed by atoms with van der Waals surface area (Å²) in [7, 11) is 0. The molecule has 6 heteroatoms. The van der Waals surface area contributed by atoms with Crippen molar-refractivity contribution in [3.05, 3.63) is 54.0 Å². The highest BCUT2D eigenvalue weighted by molar-refractivity contribution is 5.37. The van der Waals surface area contributed by atoms with Crippen molar-refractivity contribution in [2.24, 2.45) is 0 Å². The van der Waals surface area contributed by atoms with Gasteiger partial charge in [-0.1, -0.05) is 12.1 Å². The average molecular weight is 316 g/mol. The van der Waals surface area contributed by atoms with Crippen LogP contribution in [0.3, 0.4) is 0 Å². The summed E-state index contributed by atoms with van der Waals surface area (Å²) in [5.74, 6) is 0.596. The van der Waals surface area contributed by atoms with Gasteiger partial charge in [0.15, 0.2) is 5.82 Å². The van der Waals surface area contributed by atoms with E-state index >= 15 is 0 Å². The minimum absolute atomic E-state index is 0.291. The van der Waals surface area contributed by atoms with Gasteiger partial charge in [0.25, 0.3) is 0 Å². The molecule has 1 aliphatic heterocycles. The minimum atomic E-state index is -0.637. The first-order valence-electron chi connectivity index (χ1n) is 7.92. The maximum Gasteiger partial charge on any atom is 0.151 e. The van der Waals surface area contributed by atoms with Gasteiger partial charge in [-0.25, -0.2) is 4.39 Å². The SMILES string of the molecule is O[C@H](CN[C@H]1CCCN(c2cccnn2)C1)c1ccc(F)cc1. The molecule has 0 radical (unpaired) electrons. The molecule has 2 N–H and O–H groups in total. The van der Waals surface area contributed by atoms with Gasteiger partial charge in [-0.05, 0) is 42.7 Å². The van der Waals surface area contributed by atoms with Crippen molar-refractivity contribution in [2.75, 3.05) is 24.5 Å². The number of aliphatic hydroxyl groups is 1. The number of rotatable bonds is 5. The van der Waals surface area contributed by atoms with E-state index in [1.54, 1.807) is 18.3 Å². The minimum Gasteiger partial charge on any atom is -0.387 e. The van der Waals surface area contributed by atoms with E-state index in [0.717, 1.165) is 37.3 Å². The molecule has 0 spiro atoms. The second kappa shape index (κ2) is 7.48. The van der Waals surface area contributed by atoms with Gasteiger partial charge in [0, 0.05) is 31.9 Å². The number of halogens is 1. The number of aliphatic hydroxyl groups excluding tert-OH is 1. The number of benzene rings is 1. The van der Waals surface area contributed by atoms with Crippen LogP contribution >= 0.6 is 0 Å². The lowest BCUT2D eigenvalue weighted by atomic mass is 10.0. The standard InChI is InChI=1S/C17H21FN4O/c18-14-7-5-13(6-8-14)16(23)11-19-15-3-2-10-22(12-15)17-4-1-9-20-21-17/h1,4-9,15-16,19,23H,2-3,10-12H2/t15-,16+/m0/s1. The maximum absolute atomic E-state index is 12.9. The van der Waals surface area contributed by atoms with Crippen molar-refractivity contribution in [3.63, 3.8) is 0 Å². The van der Waals surface area contributed by atoms with Gasteiger partial charge in [0.05, 0.1) is 6.10 Å². The normalized spacial score (nSPS) is 19.6. The number of hydrogen-bond acceptors (Lipinski definition) is 5. The maximum atomic E-state index is 12.9. The zero-order valence-electron chi connectivity index (χ0n) is 12.9. The molecule has 5 nitrogen and oxygen atoms in total. The highest BCUT2D eigenvalue weighted by Gasteiger charge is 2.21. The van der Waals surface area contributed by atoms with Crippen molar-refractivity contribution in [1.82, 2.24) is 15.5 Å². The third-order valence-corrected chi connectivity index (χ3v) is 4.16. The van der Waals surface area contributed by atoms with Crippen LogP contribution in [0.1, 0.15) is 24.5 Å². The molecular formula is C17H21FN4O. The molecular weight excluding hydrogens is 295 g/mol. The van der Waals surface area contributed by atoms with Crippen LogP contribution in [0.5, 0.6) is 0 Å². The van der Waals surface area contributed by atoms with E-state index in [-0.39, 0.29) is 5.82 Å². The Bertz CT molecular complexity index is 608. The van der Waals surface area contributed by atoms with Crippen LogP contribution in [0.25, 0.3) is 0 Å². The highest BCUT2D eigenvalue weighted by Crippen LogP contribution is 2.18. The smallest absolute Gasteiger partial charge is 0.151 e. The van der Waals surface area contributed by atoms with Crippen LogP contribution in [0, 0.1) is 5.82 Å². The number of piperidine rings is 1. The topological polar surface area (TPSA) is 61.3 Å². The molecule has 23 heavy (non-hydrogen) atoms. The molecule has 0 aliphatic carbocycles. The summed E-state index contributed by atoms with van der Waals surface area (Å²) in [4.78, 5) is 2.21. The van der Waals surface area contributed by atoms with E-state index < -0.39 is 6.10 Å². The fourth-order valence-corrected chi connectivity index (χ4v) is 2.89. The molecule has 1 aromatic carbocycles. The first kappa shape index (κ1) is 15.8. The van der Waals surface area contributed by atoms with Gasteiger partial charge in [-0.2, -0.15) is 5.10 Å². The number of aromatic nitrogens is 2.